The number of aliphatic hydroxyl groups is 1. The van der Waals surface area contributed by atoms with Gasteiger partial charge in [0, 0.05) is 5.56 Å². The molecule has 0 saturated carbocycles. The molecule has 27 heavy (non-hydrogen) atoms. The van der Waals surface area contributed by atoms with E-state index in [1.54, 1.807) is 12.1 Å². The quantitative estimate of drug-likeness (QED) is 0.633. The average molecular weight is 364 g/mol. The number of hydrogen-bond acceptors (Lipinski definition) is 4. The van der Waals surface area contributed by atoms with Crippen LogP contribution in [0.5, 0.6) is 11.5 Å². The van der Waals surface area contributed by atoms with Gasteiger partial charge in [0.25, 0.3) is 0 Å². The lowest BCUT2D eigenvalue weighted by Gasteiger charge is -2.18. The zero-order valence-electron chi connectivity index (χ0n) is 14.6. The molecular formula is C22H20O5. The molecule has 5 nitrogen and oxygen atoms in total. The lowest BCUT2D eigenvalue weighted by molar-refractivity contribution is -0.147. The molecule has 0 aromatic heterocycles. The first kappa shape index (κ1) is 18.5. The molecule has 0 heterocycles. The van der Waals surface area contributed by atoms with Gasteiger partial charge in [-0.25, -0.2) is 4.79 Å². The fraction of sp³-hybridized carbons (Fsp3) is 0.136. The van der Waals surface area contributed by atoms with Gasteiger partial charge in [0.05, 0.1) is 0 Å². The number of para-hydroxylation sites is 1. The predicted molar refractivity (Wildman–Crippen MR) is 101 cm³/mol. The third kappa shape index (κ3) is 4.86. The summed E-state index contributed by atoms with van der Waals surface area (Å²) in [6, 6.07) is 24.0. The zero-order valence-corrected chi connectivity index (χ0v) is 14.6. The fourth-order valence-electron chi connectivity index (χ4n) is 2.61. The summed E-state index contributed by atoms with van der Waals surface area (Å²) in [5.41, 5.74) is 2.05. The molecule has 1 unspecified atom stereocenters. The van der Waals surface area contributed by atoms with E-state index in [4.69, 9.17) is 9.47 Å². The third-order valence-electron chi connectivity index (χ3n) is 4.00. The Bertz CT molecular complexity index is 878. The molecule has 0 aliphatic carbocycles. The van der Waals surface area contributed by atoms with Crippen molar-refractivity contribution in [3.05, 3.63) is 95.6 Å². The number of carbonyl (C=O) groups is 1. The maximum Gasteiger partial charge on any atom is 0.337 e. The SMILES string of the molecule is O=C(O)C(O)c1cccc(OCc2ccccc2)c1OCc1ccccc1. The maximum atomic E-state index is 11.3. The molecule has 0 saturated heterocycles. The van der Waals surface area contributed by atoms with E-state index in [1.165, 1.54) is 6.07 Å². The number of rotatable bonds is 8. The first-order valence-corrected chi connectivity index (χ1v) is 8.52. The lowest BCUT2D eigenvalue weighted by atomic mass is 10.1. The minimum Gasteiger partial charge on any atom is -0.485 e. The number of hydrogen-bond donors (Lipinski definition) is 2. The molecule has 0 fully saturated rings. The molecule has 0 amide bonds. The van der Waals surface area contributed by atoms with Gasteiger partial charge < -0.3 is 19.7 Å². The monoisotopic (exact) mass is 364 g/mol. The highest BCUT2D eigenvalue weighted by molar-refractivity contribution is 5.75. The van der Waals surface area contributed by atoms with E-state index in [9.17, 15) is 15.0 Å². The second-order valence-corrected chi connectivity index (χ2v) is 5.96. The molecule has 3 rings (SSSR count). The summed E-state index contributed by atoms with van der Waals surface area (Å²) in [6.45, 7) is 0.529. The van der Waals surface area contributed by atoms with Gasteiger partial charge in [-0.3, -0.25) is 0 Å². The van der Waals surface area contributed by atoms with E-state index in [0.717, 1.165) is 11.1 Å². The molecule has 0 radical (unpaired) electrons. The Hall–Kier alpha value is -3.31. The third-order valence-corrected chi connectivity index (χ3v) is 4.00. The minimum atomic E-state index is -1.70. The lowest BCUT2D eigenvalue weighted by Crippen LogP contribution is -2.13. The summed E-state index contributed by atoms with van der Waals surface area (Å²) in [4.78, 5) is 11.3. The topological polar surface area (TPSA) is 76.0 Å². The number of ether oxygens (including phenoxy) is 2. The minimum absolute atomic E-state index is 0.156. The van der Waals surface area contributed by atoms with E-state index in [2.05, 4.69) is 0 Å². The second kappa shape index (κ2) is 8.87. The normalized spacial score (nSPS) is 11.6. The maximum absolute atomic E-state index is 11.3. The van der Waals surface area contributed by atoms with Crippen LogP contribution in [0.25, 0.3) is 0 Å². The van der Waals surface area contributed by atoms with Crippen LogP contribution in [0.3, 0.4) is 0 Å². The van der Waals surface area contributed by atoms with Gasteiger partial charge in [-0.2, -0.15) is 0 Å². The highest BCUT2D eigenvalue weighted by Crippen LogP contribution is 2.36. The second-order valence-electron chi connectivity index (χ2n) is 5.96. The van der Waals surface area contributed by atoms with Crippen LogP contribution in [0.1, 0.15) is 22.8 Å². The van der Waals surface area contributed by atoms with E-state index in [1.807, 2.05) is 60.7 Å². The average Bonchev–Trinajstić information content (AvgIpc) is 2.71. The summed E-state index contributed by atoms with van der Waals surface area (Å²) >= 11 is 0. The van der Waals surface area contributed by atoms with Crippen LogP contribution in [0.15, 0.2) is 78.9 Å². The van der Waals surface area contributed by atoms with Gasteiger partial charge in [-0.05, 0) is 17.2 Å². The van der Waals surface area contributed by atoms with E-state index in [0.29, 0.717) is 12.4 Å². The van der Waals surface area contributed by atoms with Gasteiger partial charge in [-0.15, -0.1) is 0 Å². The van der Waals surface area contributed by atoms with Crippen molar-refractivity contribution in [3.63, 3.8) is 0 Å². The van der Waals surface area contributed by atoms with Crippen molar-refractivity contribution in [2.75, 3.05) is 0 Å². The molecule has 3 aromatic rings. The summed E-state index contributed by atoms with van der Waals surface area (Å²) in [5.74, 6) is -0.737. The number of carboxylic acid groups (broad SMARTS) is 1. The molecular weight excluding hydrogens is 344 g/mol. The van der Waals surface area contributed by atoms with E-state index >= 15 is 0 Å². The Morgan fingerprint density at radius 2 is 1.33 bits per heavy atom. The van der Waals surface area contributed by atoms with Crippen LogP contribution >= 0.6 is 0 Å². The Morgan fingerprint density at radius 3 is 1.89 bits per heavy atom. The van der Waals surface area contributed by atoms with E-state index < -0.39 is 12.1 Å². The standard InChI is InChI=1S/C22H20O5/c23-20(22(24)25)18-12-7-13-19(26-14-16-8-3-1-4-9-16)21(18)27-15-17-10-5-2-6-11-17/h1-13,20,23H,14-15H2,(H,24,25). The predicted octanol–water partition coefficient (Wildman–Crippen LogP) is 3.96. The molecule has 0 aliphatic heterocycles. The highest BCUT2D eigenvalue weighted by Gasteiger charge is 2.23. The molecule has 2 N–H and O–H groups in total. The van der Waals surface area contributed by atoms with Crippen molar-refractivity contribution >= 4 is 5.97 Å². The Kier molecular flexibility index (Phi) is 6.07. The Balaban J connectivity index is 1.86. The summed E-state index contributed by atoms with van der Waals surface area (Å²) in [5, 5.41) is 19.2. The van der Waals surface area contributed by atoms with Crippen LogP contribution in [0.2, 0.25) is 0 Å². The van der Waals surface area contributed by atoms with Gasteiger partial charge >= 0.3 is 5.97 Å². The first-order chi connectivity index (χ1) is 13.1. The first-order valence-electron chi connectivity index (χ1n) is 8.52. The Labute approximate surface area is 157 Å². The Morgan fingerprint density at radius 1 is 0.778 bits per heavy atom. The fourth-order valence-corrected chi connectivity index (χ4v) is 2.61. The molecule has 138 valence electrons. The highest BCUT2D eigenvalue weighted by atomic mass is 16.5. The van der Waals surface area contributed by atoms with Crippen molar-refractivity contribution in [3.8, 4) is 11.5 Å². The van der Waals surface area contributed by atoms with Crippen LogP contribution in [0, 0.1) is 0 Å². The summed E-state index contributed by atoms with van der Waals surface area (Å²) in [7, 11) is 0. The van der Waals surface area contributed by atoms with Crippen molar-refractivity contribution in [2.24, 2.45) is 0 Å². The van der Waals surface area contributed by atoms with Crippen molar-refractivity contribution in [1.82, 2.24) is 0 Å². The summed E-state index contributed by atoms with van der Waals surface area (Å²) < 4.78 is 11.7. The number of aliphatic carboxylic acids is 1. The molecule has 1 atom stereocenters. The largest absolute Gasteiger partial charge is 0.485 e. The van der Waals surface area contributed by atoms with Crippen LogP contribution < -0.4 is 9.47 Å². The van der Waals surface area contributed by atoms with Crippen LogP contribution in [-0.2, 0) is 18.0 Å². The number of carboxylic acids is 1. The molecule has 0 spiro atoms. The number of benzene rings is 3. The van der Waals surface area contributed by atoms with Crippen LogP contribution in [-0.4, -0.2) is 16.2 Å². The van der Waals surface area contributed by atoms with Gasteiger partial charge in [0.2, 0.25) is 0 Å². The van der Waals surface area contributed by atoms with Gasteiger partial charge in [-0.1, -0.05) is 72.8 Å². The van der Waals surface area contributed by atoms with Crippen molar-refractivity contribution in [2.45, 2.75) is 19.3 Å². The van der Waals surface area contributed by atoms with Crippen LogP contribution in [0.4, 0.5) is 0 Å². The molecule has 0 aliphatic rings. The van der Waals surface area contributed by atoms with Gasteiger partial charge in [0.15, 0.2) is 17.6 Å². The molecule has 3 aromatic carbocycles. The number of aliphatic hydroxyl groups excluding tert-OH is 1. The zero-order chi connectivity index (χ0) is 19.1. The van der Waals surface area contributed by atoms with Gasteiger partial charge in [0.1, 0.15) is 13.2 Å². The molecule has 0 bridgehead atoms. The molecule has 5 heteroatoms. The van der Waals surface area contributed by atoms with E-state index in [-0.39, 0.29) is 17.9 Å². The smallest absolute Gasteiger partial charge is 0.337 e. The summed E-state index contributed by atoms with van der Waals surface area (Å²) in [6.07, 6.45) is -1.70. The van der Waals surface area contributed by atoms with Crippen molar-refractivity contribution < 1.29 is 24.5 Å². The van der Waals surface area contributed by atoms with Crippen molar-refractivity contribution in [1.29, 1.82) is 0 Å².